The van der Waals surface area contributed by atoms with Gasteiger partial charge in [0.15, 0.2) is 0 Å². The molecule has 1 fully saturated rings. The predicted octanol–water partition coefficient (Wildman–Crippen LogP) is -2.78. The molecule has 10 nitrogen and oxygen atoms in total. The summed E-state index contributed by atoms with van der Waals surface area (Å²) in [5, 5.41) is 13.3. The molecule has 1 atom stereocenters. The zero-order valence-corrected chi connectivity index (χ0v) is 9.85. The molecule has 0 radical (unpaired) electrons. The fourth-order valence-corrected chi connectivity index (χ4v) is 1.07. The van der Waals surface area contributed by atoms with Gasteiger partial charge in [0.25, 0.3) is 17.3 Å². The van der Waals surface area contributed by atoms with Gasteiger partial charge in [0.1, 0.15) is 0 Å². The van der Waals surface area contributed by atoms with Crippen molar-refractivity contribution in [1.29, 1.82) is 0 Å². The molecule has 2 heterocycles. The minimum absolute atomic E-state index is 0.228. The Morgan fingerprint density at radius 3 is 2.42 bits per heavy atom. The van der Waals surface area contributed by atoms with Gasteiger partial charge in [-0.2, -0.15) is 0 Å². The molecule has 10 heteroatoms. The Kier molecular flexibility index (Phi) is 4.56. The molecule has 3 amide bonds. The number of ether oxygens (including phenoxy) is 1. The fourth-order valence-electron chi connectivity index (χ4n) is 1.07. The molecular formula is C9H12N4O6. The topological polar surface area (TPSA) is 153 Å². The van der Waals surface area contributed by atoms with Crippen LogP contribution in [-0.4, -0.2) is 46.5 Å². The first-order chi connectivity index (χ1) is 8.87. The van der Waals surface area contributed by atoms with Crippen molar-refractivity contribution in [2.24, 2.45) is 0 Å². The van der Waals surface area contributed by atoms with Crippen LogP contribution in [0, 0.1) is 0 Å². The second kappa shape index (κ2) is 5.93. The standard InChI is InChI=1S/C5H8N2O4.C4H4N2O2/c1-11-5(10)2-6-4(9)7-3(5)8;7-3-1-2-5-4(8)6-3/h10H,2H2,1H3,(H2,6,7,8,9);1-2H,(H2,5,6,7,8). The van der Waals surface area contributed by atoms with Crippen LogP contribution in [0.2, 0.25) is 0 Å². The van der Waals surface area contributed by atoms with Crippen LogP contribution in [0.15, 0.2) is 21.9 Å². The van der Waals surface area contributed by atoms with Gasteiger partial charge in [-0.3, -0.25) is 19.9 Å². The molecule has 0 spiro atoms. The quantitative estimate of drug-likeness (QED) is 0.348. The van der Waals surface area contributed by atoms with Crippen LogP contribution in [0.1, 0.15) is 0 Å². The van der Waals surface area contributed by atoms with Gasteiger partial charge in [0, 0.05) is 19.4 Å². The van der Waals surface area contributed by atoms with Crippen LogP contribution in [-0.2, 0) is 9.53 Å². The first-order valence-electron chi connectivity index (χ1n) is 5.02. The van der Waals surface area contributed by atoms with Crippen molar-refractivity contribution in [3.63, 3.8) is 0 Å². The number of aromatic amines is 2. The van der Waals surface area contributed by atoms with E-state index >= 15 is 0 Å². The number of H-pyrrole nitrogens is 2. The van der Waals surface area contributed by atoms with E-state index in [2.05, 4.69) is 15.0 Å². The number of rotatable bonds is 1. The van der Waals surface area contributed by atoms with E-state index in [4.69, 9.17) is 0 Å². The van der Waals surface area contributed by atoms with Gasteiger partial charge in [0.05, 0.1) is 6.54 Å². The number of hydrogen-bond donors (Lipinski definition) is 5. The molecule has 1 aliphatic heterocycles. The summed E-state index contributed by atoms with van der Waals surface area (Å²) in [4.78, 5) is 45.9. The van der Waals surface area contributed by atoms with Crippen molar-refractivity contribution in [2.45, 2.75) is 5.79 Å². The third-order valence-corrected chi connectivity index (χ3v) is 2.09. The number of aliphatic hydroxyl groups is 1. The minimum atomic E-state index is -1.92. The first-order valence-corrected chi connectivity index (χ1v) is 5.02. The van der Waals surface area contributed by atoms with Crippen molar-refractivity contribution in [1.82, 2.24) is 20.6 Å². The van der Waals surface area contributed by atoms with Gasteiger partial charge in [-0.25, -0.2) is 9.59 Å². The number of urea groups is 1. The van der Waals surface area contributed by atoms with E-state index in [1.165, 1.54) is 19.4 Å². The first kappa shape index (κ1) is 14.6. The largest absolute Gasteiger partial charge is 0.357 e. The van der Waals surface area contributed by atoms with Crippen LogP contribution in [0.4, 0.5) is 4.79 Å². The van der Waals surface area contributed by atoms with E-state index in [1.54, 1.807) is 0 Å². The Labute approximate surface area is 105 Å². The zero-order chi connectivity index (χ0) is 14.5. The molecule has 1 aromatic heterocycles. The van der Waals surface area contributed by atoms with Crippen LogP contribution in [0.3, 0.4) is 0 Å². The molecule has 0 aromatic carbocycles. The van der Waals surface area contributed by atoms with E-state index in [9.17, 15) is 24.3 Å². The van der Waals surface area contributed by atoms with Crippen LogP contribution in [0.5, 0.6) is 0 Å². The molecule has 1 unspecified atom stereocenters. The number of imide groups is 1. The van der Waals surface area contributed by atoms with E-state index < -0.39 is 23.4 Å². The summed E-state index contributed by atoms with van der Waals surface area (Å²) in [7, 11) is 1.18. The average Bonchev–Trinajstić information content (AvgIpc) is 2.35. The number of methoxy groups -OCH3 is 1. The number of aromatic nitrogens is 2. The lowest BCUT2D eigenvalue weighted by molar-refractivity contribution is -0.195. The van der Waals surface area contributed by atoms with Crippen LogP contribution in [0.25, 0.3) is 0 Å². The SMILES string of the molecule is COC1(O)CNC(=O)NC1=O.O=c1cc[nH]c(=O)[nH]1. The summed E-state index contributed by atoms with van der Waals surface area (Å²) >= 11 is 0. The molecule has 2 rings (SSSR count). The lowest BCUT2D eigenvalue weighted by atomic mass is 10.2. The monoisotopic (exact) mass is 272 g/mol. The van der Waals surface area contributed by atoms with E-state index in [0.29, 0.717) is 0 Å². The van der Waals surface area contributed by atoms with Gasteiger partial charge in [-0.1, -0.05) is 0 Å². The highest BCUT2D eigenvalue weighted by atomic mass is 16.6. The highest BCUT2D eigenvalue weighted by molar-refractivity contribution is 6.00. The predicted molar refractivity (Wildman–Crippen MR) is 61.2 cm³/mol. The second-order valence-electron chi connectivity index (χ2n) is 3.42. The van der Waals surface area contributed by atoms with Gasteiger partial charge in [-0.05, 0) is 0 Å². The third kappa shape index (κ3) is 4.04. The van der Waals surface area contributed by atoms with E-state index in [1.807, 2.05) is 10.3 Å². The maximum atomic E-state index is 10.8. The van der Waals surface area contributed by atoms with Crippen LogP contribution >= 0.6 is 0 Å². The third-order valence-electron chi connectivity index (χ3n) is 2.09. The number of carbonyl (C=O) groups excluding carboxylic acids is 2. The van der Waals surface area contributed by atoms with E-state index in [0.717, 1.165) is 0 Å². The van der Waals surface area contributed by atoms with Gasteiger partial charge >= 0.3 is 11.7 Å². The summed E-state index contributed by atoms with van der Waals surface area (Å²) in [6.45, 7) is -0.228. The summed E-state index contributed by atoms with van der Waals surface area (Å²) in [6, 6.07) is 0.609. The lowest BCUT2D eigenvalue weighted by Crippen LogP contribution is -2.63. The Morgan fingerprint density at radius 2 is 2.00 bits per heavy atom. The Morgan fingerprint density at radius 1 is 1.32 bits per heavy atom. The summed E-state index contributed by atoms with van der Waals surface area (Å²) < 4.78 is 4.47. The highest BCUT2D eigenvalue weighted by Gasteiger charge is 2.41. The normalized spacial score (nSPS) is 21.8. The van der Waals surface area contributed by atoms with E-state index in [-0.39, 0.29) is 12.1 Å². The number of carbonyl (C=O) groups is 2. The molecule has 0 aliphatic carbocycles. The Bertz CT molecular complexity index is 553. The molecule has 1 aromatic rings. The van der Waals surface area contributed by atoms with Crippen molar-refractivity contribution in [3.8, 4) is 0 Å². The molecule has 104 valence electrons. The molecule has 19 heavy (non-hydrogen) atoms. The maximum absolute atomic E-state index is 10.8. The lowest BCUT2D eigenvalue weighted by Gasteiger charge is -2.28. The van der Waals surface area contributed by atoms with Gasteiger partial charge in [0.2, 0.25) is 0 Å². The van der Waals surface area contributed by atoms with Gasteiger partial charge < -0.3 is 20.1 Å². The molecule has 0 bridgehead atoms. The zero-order valence-electron chi connectivity index (χ0n) is 9.85. The van der Waals surface area contributed by atoms with Crippen molar-refractivity contribution >= 4 is 11.9 Å². The molecular weight excluding hydrogens is 260 g/mol. The van der Waals surface area contributed by atoms with Crippen molar-refractivity contribution in [2.75, 3.05) is 13.7 Å². The second-order valence-corrected chi connectivity index (χ2v) is 3.42. The maximum Gasteiger partial charge on any atom is 0.325 e. The van der Waals surface area contributed by atoms with Crippen molar-refractivity contribution < 1.29 is 19.4 Å². The highest BCUT2D eigenvalue weighted by Crippen LogP contribution is 2.06. The van der Waals surface area contributed by atoms with Gasteiger partial charge in [-0.15, -0.1) is 0 Å². The Balaban J connectivity index is 0.000000200. The number of nitrogens with one attached hydrogen (secondary N) is 4. The summed E-state index contributed by atoms with van der Waals surface area (Å²) in [6.07, 6.45) is 1.29. The number of hydrogen-bond acceptors (Lipinski definition) is 6. The fraction of sp³-hybridized carbons (Fsp3) is 0.333. The van der Waals surface area contributed by atoms with Crippen molar-refractivity contribution in [3.05, 3.63) is 33.1 Å². The average molecular weight is 272 g/mol. The number of β-amino-alcohol motifs (C(OH)–C–C–N with tert-alkyl or cyclic N) is 1. The van der Waals surface area contributed by atoms with Crippen LogP contribution < -0.4 is 21.9 Å². The summed E-state index contributed by atoms with van der Waals surface area (Å²) in [5.41, 5.74) is -0.855. The molecule has 1 aliphatic rings. The molecule has 0 saturated carbocycles. The Hall–Kier alpha value is -2.46. The minimum Gasteiger partial charge on any atom is -0.357 e. The molecule has 5 N–H and O–H groups in total. The number of amides is 3. The molecule has 1 saturated heterocycles. The summed E-state index contributed by atoms with van der Waals surface area (Å²) in [5.74, 6) is -2.77. The smallest absolute Gasteiger partial charge is 0.325 e.